The molecule has 2 aromatic rings. The van der Waals surface area contributed by atoms with Gasteiger partial charge in [0.15, 0.2) is 5.82 Å². The second kappa shape index (κ2) is 4.26. The quantitative estimate of drug-likeness (QED) is 0.858. The highest BCUT2D eigenvalue weighted by Gasteiger charge is 2.13. The van der Waals surface area contributed by atoms with E-state index in [1.165, 1.54) is 10.9 Å². The van der Waals surface area contributed by atoms with Crippen molar-refractivity contribution in [2.24, 2.45) is 0 Å². The van der Waals surface area contributed by atoms with Crippen LogP contribution in [0, 0.1) is 11.6 Å². The summed E-state index contributed by atoms with van der Waals surface area (Å²) in [7, 11) is 0. The fourth-order valence-electron chi connectivity index (χ4n) is 1.26. The summed E-state index contributed by atoms with van der Waals surface area (Å²) in [6, 6.07) is 2.01. The highest BCUT2D eigenvalue weighted by Crippen LogP contribution is 2.23. The van der Waals surface area contributed by atoms with Gasteiger partial charge < -0.3 is 5.11 Å². The van der Waals surface area contributed by atoms with Crippen LogP contribution < -0.4 is 0 Å². The van der Waals surface area contributed by atoms with E-state index in [9.17, 15) is 8.78 Å². The summed E-state index contributed by atoms with van der Waals surface area (Å²) in [5.41, 5.74) is -0.0465. The third-order valence-electron chi connectivity index (χ3n) is 2.01. The Morgan fingerprint density at radius 2 is 2.06 bits per heavy atom. The Balaban J connectivity index is 2.60. The van der Waals surface area contributed by atoms with Gasteiger partial charge in [0.2, 0.25) is 0 Å². The van der Waals surface area contributed by atoms with Crippen molar-refractivity contribution in [3.8, 4) is 5.69 Å². The summed E-state index contributed by atoms with van der Waals surface area (Å²) in [6.07, 6.45) is 1.21. The molecule has 1 aromatic carbocycles. The van der Waals surface area contributed by atoms with E-state index in [2.05, 4.69) is 26.1 Å². The largest absolute Gasteiger partial charge is 0.388 e. The Hall–Kier alpha value is -1.34. The number of aliphatic hydroxyl groups excluding tert-OH is 1. The van der Waals surface area contributed by atoms with E-state index in [1.807, 2.05) is 0 Å². The molecule has 1 heterocycles. The summed E-state index contributed by atoms with van der Waals surface area (Å²) in [6.45, 7) is -0.406. The van der Waals surface area contributed by atoms with Crippen molar-refractivity contribution in [1.29, 1.82) is 0 Å². The molecule has 84 valence electrons. The summed E-state index contributed by atoms with van der Waals surface area (Å²) in [4.78, 5) is 0. The molecule has 1 aromatic heterocycles. The summed E-state index contributed by atoms with van der Waals surface area (Å²) >= 11 is 2.87. The van der Waals surface area contributed by atoms with Crippen molar-refractivity contribution in [3.05, 3.63) is 40.4 Å². The molecule has 2 rings (SSSR count). The van der Waals surface area contributed by atoms with Crippen LogP contribution in [0.1, 0.15) is 5.82 Å². The zero-order valence-electron chi connectivity index (χ0n) is 7.86. The molecule has 0 spiro atoms. The first kappa shape index (κ1) is 11.2. The fourth-order valence-corrected chi connectivity index (χ4v) is 1.58. The van der Waals surface area contributed by atoms with Gasteiger partial charge in [0.1, 0.15) is 24.6 Å². The zero-order chi connectivity index (χ0) is 11.7. The van der Waals surface area contributed by atoms with Gasteiger partial charge in [-0.15, -0.1) is 10.2 Å². The molecule has 0 unspecified atom stereocenters. The molecule has 0 fully saturated rings. The minimum absolute atomic E-state index is 0.0346. The molecule has 0 bridgehead atoms. The predicted molar refractivity (Wildman–Crippen MR) is 54.9 cm³/mol. The van der Waals surface area contributed by atoms with Crippen LogP contribution >= 0.6 is 15.9 Å². The lowest BCUT2D eigenvalue weighted by molar-refractivity contribution is 0.268. The Bertz CT molecular complexity index is 529. The molecule has 1 N–H and O–H groups in total. The van der Waals surface area contributed by atoms with Crippen LogP contribution in [0.3, 0.4) is 0 Å². The van der Waals surface area contributed by atoms with Crippen LogP contribution in [-0.2, 0) is 6.61 Å². The van der Waals surface area contributed by atoms with Crippen LogP contribution in [-0.4, -0.2) is 19.9 Å². The standard InChI is InChI=1S/C9H6BrF2N3O/c10-5-1-7(12)8(2-6(5)11)15-4-13-14-9(15)3-16/h1-2,4,16H,3H2. The molecule has 0 radical (unpaired) electrons. The number of nitrogens with zero attached hydrogens (tertiary/aromatic N) is 3. The van der Waals surface area contributed by atoms with Crippen molar-refractivity contribution < 1.29 is 13.9 Å². The number of halogens is 3. The first-order valence-corrected chi connectivity index (χ1v) is 5.07. The predicted octanol–water partition coefficient (Wildman–Crippen LogP) is 1.80. The van der Waals surface area contributed by atoms with Gasteiger partial charge in [0.05, 0.1) is 10.2 Å². The molecular formula is C9H6BrF2N3O. The number of hydrogen-bond donors (Lipinski definition) is 1. The molecule has 0 saturated heterocycles. The Labute approximate surface area is 97.7 Å². The van der Waals surface area contributed by atoms with Crippen LogP contribution in [0.2, 0.25) is 0 Å². The average molecular weight is 290 g/mol. The molecule has 0 aliphatic heterocycles. The molecule has 16 heavy (non-hydrogen) atoms. The van der Waals surface area contributed by atoms with E-state index in [1.54, 1.807) is 0 Å². The van der Waals surface area contributed by atoms with Gasteiger partial charge in [0.25, 0.3) is 0 Å². The van der Waals surface area contributed by atoms with E-state index in [0.717, 1.165) is 12.1 Å². The third kappa shape index (κ3) is 1.83. The smallest absolute Gasteiger partial charge is 0.163 e. The highest BCUT2D eigenvalue weighted by atomic mass is 79.9. The minimum atomic E-state index is -0.636. The minimum Gasteiger partial charge on any atom is -0.388 e. The maximum atomic E-state index is 13.6. The lowest BCUT2D eigenvalue weighted by Crippen LogP contribution is -2.03. The monoisotopic (exact) mass is 289 g/mol. The topological polar surface area (TPSA) is 50.9 Å². The Morgan fingerprint density at radius 3 is 2.75 bits per heavy atom. The molecule has 0 aliphatic rings. The van der Waals surface area contributed by atoms with Crippen molar-refractivity contribution in [2.45, 2.75) is 6.61 Å². The molecular weight excluding hydrogens is 284 g/mol. The molecule has 0 amide bonds. The van der Waals surface area contributed by atoms with Gasteiger partial charge in [-0.1, -0.05) is 0 Å². The molecule has 0 atom stereocenters. The van der Waals surface area contributed by atoms with E-state index < -0.39 is 18.2 Å². The second-order valence-electron chi connectivity index (χ2n) is 2.99. The van der Waals surface area contributed by atoms with Gasteiger partial charge in [-0.3, -0.25) is 4.57 Å². The van der Waals surface area contributed by atoms with Crippen molar-refractivity contribution in [1.82, 2.24) is 14.8 Å². The number of aromatic nitrogens is 3. The molecule has 7 heteroatoms. The van der Waals surface area contributed by atoms with E-state index in [0.29, 0.717) is 0 Å². The summed E-state index contributed by atoms with van der Waals surface area (Å²) in [5, 5.41) is 16.0. The number of hydrogen-bond acceptors (Lipinski definition) is 3. The summed E-state index contributed by atoms with van der Waals surface area (Å²) < 4.78 is 28.0. The summed E-state index contributed by atoms with van der Waals surface area (Å²) in [5.74, 6) is -1.10. The molecule has 0 saturated carbocycles. The van der Waals surface area contributed by atoms with Gasteiger partial charge in [0, 0.05) is 6.07 Å². The van der Waals surface area contributed by atoms with Crippen LogP contribution in [0.4, 0.5) is 8.78 Å². The first-order valence-electron chi connectivity index (χ1n) is 4.28. The number of benzene rings is 1. The Kier molecular flexibility index (Phi) is 2.97. The average Bonchev–Trinajstić information content (AvgIpc) is 2.71. The van der Waals surface area contributed by atoms with Gasteiger partial charge in [-0.25, -0.2) is 8.78 Å². The number of rotatable bonds is 2. The van der Waals surface area contributed by atoms with Crippen molar-refractivity contribution in [3.63, 3.8) is 0 Å². The van der Waals surface area contributed by atoms with Gasteiger partial charge in [-0.05, 0) is 22.0 Å². The first-order chi connectivity index (χ1) is 7.63. The third-order valence-corrected chi connectivity index (χ3v) is 2.62. The van der Waals surface area contributed by atoms with Crippen molar-refractivity contribution in [2.75, 3.05) is 0 Å². The number of aliphatic hydroxyl groups is 1. The molecule has 0 aliphatic carbocycles. The van der Waals surface area contributed by atoms with E-state index in [-0.39, 0.29) is 16.0 Å². The van der Waals surface area contributed by atoms with Crippen LogP contribution in [0.15, 0.2) is 22.9 Å². The zero-order valence-corrected chi connectivity index (χ0v) is 9.45. The highest BCUT2D eigenvalue weighted by molar-refractivity contribution is 9.10. The van der Waals surface area contributed by atoms with Crippen molar-refractivity contribution >= 4 is 15.9 Å². The maximum Gasteiger partial charge on any atom is 0.163 e. The van der Waals surface area contributed by atoms with E-state index >= 15 is 0 Å². The van der Waals surface area contributed by atoms with Crippen LogP contribution in [0.5, 0.6) is 0 Å². The SMILES string of the molecule is OCc1nncn1-c1cc(F)c(Br)cc1F. The van der Waals surface area contributed by atoms with E-state index in [4.69, 9.17) is 5.11 Å². The Morgan fingerprint density at radius 1 is 1.31 bits per heavy atom. The lowest BCUT2D eigenvalue weighted by Gasteiger charge is -2.07. The van der Waals surface area contributed by atoms with Gasteiger partial charge in [-0.2, -0.15) is 0 Å². The second-order valence-corrected chi connectivity index (χ2v) is 3.85. The lowest BCUT2D eigenvalue weighted by atomic mass is 10.3. The fraction of sp³-hybridized carbons (Fsp3) is 0.111. The molecule has 4 nitrogen and oxygen atoms in total. The van der Waals surface area contributed by atoms with Crippen LogP contribution in [0.25, 0.3) is 5.69 Å². The normalized spacial score (nSPS) is 10.8. The van der Waals surface area contributed by atoms with Gasteiger partial charge >= 0.3 is 0 Å². The maximum absolute atomic E-state index is 13.6.